The second-order valence-corrected chi connectivity index (χ2v) is 3.41. The Morgan fingerprint density at radius 1 is 1.33 bits per heavy atom. The molecule has 1 N–H and O–H groups in total. The Kier molecular flexibility index (Phi) is 2.73. The van der Waals surface area contributed by atoms with Crippen LogP contribution in [0.4, 0.5) is 4.79 Å². The number of carbonyl (C=O) groups is 1. The van der Waals surface area contributed by atoms with Crippen molar-refractivity contribution in [1.29, 1.82) is 0 Å². The van der Waals surface area contributed by atoms with Gasteiger partial charge in [0.2, 0.25) is 0 Å². The summed E-state index contributed by atoms with van der Waals surface area (Å²) in [5, 5.41) is 2.91. The lowest BCUT2D eigenvalue weighted by Gasteiger charge is -2.30. The minimum Gasteiger partial charge on any atom is -0.326 e. The Morgan fingerprint density at radius 3 is 2.50 bits per heavy atom. The van der Waals surface area contributed by atoms with Crippen LogP contribution in [0.2, 0.25) is 0 Å². The summed E-state index contributed by atoms with van der Waals surface area (Å²) in [5.74, 6) is 0. The smallest absolute Gasteiger partial charge is 0.326 e. The van der Waals surface area contributed by atoms with Gasteiger partial charge in [0.25, 0.3) is 0 Å². The van der Waals surface area contributed by atoms with E-state index in [9.17, 15) is 4.79 Å². The molecule has 0 atom stereocenters. The average Bonchev–Trinajstić information content (AvgIpc) is 2.34. The Balaban J connectivity index is 0.000000720. The fourth-order valence-electron chi connectivity index (χ4n) is 1.90. The van der Waals surface area contributed by atoms with E-state index in [1.807, 2.05) is 0 Å². The van der Waals surface area contributed by atoms with Crippen LogP contribution in [0.5, 0.6) is 0 Å². The molecule has 0 unspecified atom stereocenters. The number of aliphatic imine (C=N–C) groups is 1. The van der Waals surface area contributed by atoms with E-state index < -0.39 is 0 Å². The number of carbonyl (C=O) groups excluding carboxylic acids is 1. The summed E-state index contributed by atoms with van der Waals surface area (Å²) in [6.45, 7) is 0. The van der Waals surface area contributed by atoms with Crippen LogP contribution in [0.3, 0.4) is 0 Å². The van der Waals surface area contributed by atoms with Crippen LogP contribution in [0.25, 0.3) is 0 Å². The second-order valence-electron chi connectivity index (χ2n) is 3.41. The van der Waals surface area contributed by atoms with Crippen LogP contribution >= 0.6 is 12.4 Å². The topological polar surface area (TPSA) is 41.5 Å². The SMILES string of the molecule is Cl.O=C1N=CC2(CCCCC2)N1. The van der Waals surface area contributed by atoms with E-state index in [2.05, 4.69) is 10.3 Å². The molecule has 2 rings (SSSR count). The maximum atomic E-state index is 10.8. The lowest BCUT2D eigenvalue weighted by atomic mass is 9.83. The van der Waals surface area contributed by atoms with Crippen molar-refractivity contribution in [3.05, 3.63) is 0 Å². The van der Waals surface area contributed by atoms with Gasteiger partial charge < -0.3 is 5.32 Å². The average molecular weight is 189 g/mol. The molecule has 3 nitrogen and oxygen atoms in total. The molecule has 1 spiro atoms. The van der Waals surface area contributed by atoms with Crippen LogP contribution in [-0.2, 0) is 0 Å². The Morgan fingerprint density at radius 2 is 2.00 bits per heavy atom. The zero-order valence-electron chi connectivity index (χ0n) is 6.88. The molecule has 12 heavy (non-hydrogen) atoms. The molecular formula is C8H13ClN2O. The van der Waals surface area contributed by atoms with Gasteiger partial charge in [0.1, 0.15) is 0 Å². The fraction of sp³-hybridized carbons (Fsp3) is 0.750. The maximum absolute atomic E-state index is 10.8. The zero-order valence-corrected chi connectivity index (χ0v) is 7.69. The first kappa shape index (κ1) is 9.52. The van der Waals surface area contributed by atoms with Gasteiger partial charge in [-0.25, -0.2) is 9.79 Å². The Bertz CT molecular complexity index is 209. The van der Waals surface area contributed by atoms with Crippen LogP contribution in [0.1, 0.15) is 32.1 Å². The molecule has 0 radical (unpaired) electrons. The highest BCUT2D eigenvalue weighted by atomic mass is 35.5. The third-order valence-electron chi connectivity index (χ3n) is 2.53. The van der Waals surface area contributed by atoms with E-state index in [-0.39, 0.29) is 24.0 Å². The number of nitrogens with one attached hydrogen (secondary N) is 1. The monoisotopic (exact) mass is 188 g/mol. The summed E-state index contributed by atoms with van der Waals surface area (Å²) in [5.41, 5.74) is -0.0463. The third-order valence-corrected chi connectivity index (χ3v) is 2.53. The number of urea groups is 1. The molecule has 1 aliphatic carbocycles. The largest absolute Gasteiger partial charge is 0.341 e. The van der Waals surface area contributed by atoms with Crippen LogP contribution in [0.15, 0.2) is 4.99 Å². The molecule has 1 saturated carbocycles. The number of amides is 2. The van der Waals surface area contributed by atoms with Gasteiger partial charge in [-0.1, -0.05) is 19.3 Å². The molecule has 0 aromatic rings. The number of nitrogens with zero attached hydrogens (tertiary/aromatic N) is 1. The van der Waals surface area contributed by atoms with Crippen molar-refractivity contribution in [3.8, 4) is 0 Å². The summed E-state index contributed by atoms with van der Waals surface area (Å²) in [6.07, 6.45) is 7.67. The van der Waals surface area contributed by atoms with Crippen molar-refractivity contribution < 1.29 is 4.79 Å². The molecule has 0 aromatic heterocycles. The maximum Gasteiger partial charge on any atom is 0.341 e. The van der Waals surface area contributed by atoms with Crippen molar-refractivity contribution >= 4 is 24.7 Å². The lowest BCUT2D eigenvalue weighted by molar-refractivity contribution is 0.240. The summed E-state index contributed by atoms with van der Waals surface area (Å²) < 4.78 is 0. The number of hydrogen-bond donors (Lipinski definition) is 1. The molecule has 1 aliphatic heterocycles. The highest BCUT2D eigenvalue weighted by Gasteiger charge is 2.35. The van der Waals surface area contributed by atoms with Crippen molar-refractivity contribution in [2.75, 3.05) is 0 Å². The first-order valence-corrected chi connectivity index (χ1v) is 4.18. The summed E-state index contributed by atoms with van der Waals surface area (Å²) in [7, 11) is 0. The number of halogens is 1. The van der Waals surface area contributed by atoms with Gasteiger partial charge in [-0.2, -0.15) is 0 Å². The van der Waals surface area contributed by atoms with Crippen molar-refractivity contribution in [1.82, 2.24) is 5.32 Å². The molecule has 1 fully saturated rings. The van der Waals surface area contributed by atoms with Gasteiger partial charge >= 0.3 is 6.03 Å². The lowest BCUT2D eigenvalue weighted by Crippen LogP contribution is -2.45. The highest BCUT2D eigenvalue weighted by molar-refractivity contribution is 5.95. The summed E-state index contributed by atoms with van der Waals surface area (Å²) in [6, 6.07) is -0.160. The quantitative estimate of drug-likeness (QED) is 0.620. The minimum atomic E-state index is -0.160. The molecule has 0 saturated heterocycles. The minimum absolute atomic E-state index is 0. The molecule has 2 amide bonds. The summed E-state index contributed by atoms with van der Waals surface area (Å²) >= 11 is 0. The van der Waals surface area contributed by atoms with Crippen molar-refractivity contribution in [2.45, 2.75) is 37.6 Å². The Labute approximate surface area is 78.0 Å². The van der Waals surface area contributed by atoms with Crippen LogP contribution < -0.4 is 5.32 Å². The molecule has 0 bridgehead atoms. The molecule has 4 heteroatoms. The number of hydrogen-bond acceptors (Lipinski definition) is 1. The number of rotatable bonds is 0. The van der Waals surface area contributed by atoms with E-state index >= 15 is 0 Å². The van der Waals surface area contributed by atoms with Crippen LogP contribution in [-0.4, -0.2) is 17.8 Å². The highest BCUT2D eigenvalue weighted by Crippen LogP contribution is 2.28. The van der Waals surface area contributed by atoms with E-state index in [1.54, 1.807) is 6.21 Å². The van der Waals surface area contributed by atoms with Gasteiger partial charge in [0.15, 0.2) is 0 Å². The second kappa shape index (κ2) is 3.44. The van der Waals surface area contributed by atoms with Gasteiger partial charge in [0.05, 0.1) is 5.54 Å². The molecular weight excluding hydrogens is 176 g/mol. The van der Waals surface area contributed by atoms with E-state index in [0.29, 0.717) is 0 Å². The molecule has 68 valence electrons. The van der Waals surface area contributed by atoms with Gasteiger partial charge in [-0.3, -0.25) is 0 Å². The fourth-order valence-corrected chi connectivity index (χ4v) is 1.90. The van der Waals surface area contributed by atoms with E-state index in [0.717, 1.165) is 12.8 Å². The first-order chi connectivity index (χ1) is 5.31. The third kappa shape index (κ3) is 1.61. The summed E-state index contributed by atoms with van der Waals surface area (Å²) in [4.78, 5) is 14.5. The van der Waals surface area contributed by atoms with Crippen molar-refractivity contribution in [3.63, 3.8) is 0 Å². The molecule has 1 heterocycles. The standard InChI is InChI=1S/C8H12N2O.ClH/c11-7-9-6-8(10-7)4-2-1-3-5-8;/h6H,1-5H2,(H,10,11);1H. The van der Waals surface area contributed by atoms with Gasteiger partial charge in [-0.05, 0) is 12.8 Å². The first-order valence-electron chi connectivity index (χ1n) is 4.18. The van der Waals surface area contributed by atoms with Crippen molar-refractivity contribution in [2.24, 2.45) is 4.99 Å². The van der Waals surface area contributed by atoms with Gasteiger partial charge in [0, 0.05) is 6.21 Å². The zero-order chi connectivity index (χ0) is 7.73. The Hall–Kier alpha value is -0.570. The molecule has 0 aromatic carbocycles. The molecule has 2 aliphatic rings. The van der Waals surface area contributed by atoms with E-state index in [1.165, 1.54) is 19.3 Å². The predicted molar refractivity (Wildman–Crippen MR) is 50.1 cm³/mol. The van der Waals surface area contributed by atoms with Crippen LogP contribution in [0, 0.1) is 0 Å². The van der Waals surface area contributed by atoms with Gasteiger partial charge in [-0.15, -0.1) is 12.4 Å². The predicted octanol–water partition coefficient (Wildman–Crippen LogP) is 1.91. The normalized spacial score (nSPS) is 25.2. The van der Waals surface area contributed by atoms with E-state index in [4.69, 9.17) is 0 Å².